The third-order valence-corrected chi connectivity index (χ3v) is 8.41. The molecule has 2 heterocycles. The molecule has 0 saturated carbocycles. The number of esters is 1. The Morgan fingerprint density at radius 2 is 1.84 bits per heavy atom. The van der Waals surface area contributed by atoms with E-state index in [9.17, 15) is 19.7 Å². The van der Waals surface area contributed by atoms with Gasteiger partial charge in [-0.3, -0.25) is 14.9 Å². The molecule has 1 unspecified atom stereocenters. The van der Waals surface area contributed by atoms with Gasteiger partial charge in [0.1, 0.15) is 6.61 Å². The highest BCUT2D eigenvalue weighted by atomic mass is 16.6. The number of nitro benzene ring substituents is 1. The van der Waals surface area contributed by atoms with E-state index in [0.29, 0.717) is 53.5 Å². The predicted molar refractivity (Wildman–Crippen MR) is 169 cm³/mol. The van der Waals surface area contributed by atoms with Crippen molar-refractivity contribution in [2.24, 2.45) is 0 Å². The van der Waals surface area contributed by atoms with Gasteiger partial charge in [0.15, 0.2) is 0 Å². The van der Waals surface area contributed by atoms with E-state index in [1.807, 2.05) is 19.1 Å². The summed E-state index contributed by atoms with van der Waals surface area (Å²) in [6, 6.07) is 18.6. The number of nitrogens with one attached hydrogen (secondary N) is 1. The zero-order chi connectivity index (χ0) is 32.2. The van der Waals surface area contributed by atoms with Crippen molar-refractivity contribution in [2.75, 3.05) is 46.5 Å². The fourth-order valence-corrected chi connectivity index (χ4v) is 6.20. The molecule has 1 saturated heterocycles. The quantitative estimate of drug-likeness (QED) is 0.0966. The minimum absolute atomic E-state index is 0.0385. The number of hydrogen-bond donors (Lipinski definition) is 1. The monoisotopic (exact) mass is 615 g/mol. The van der Waals surface area contributed by atoms with Gasteiger partial charge in [-0.2, -0.15) is 5.26 Å². The van der Waals surface area contributed by atoms with Crippen LogP contribution in [0.25, 0.3) is 0 Å². The van der Waals surface area contributed by atoms with Crippen LogP contribution in [-0.4, -0.2) is 73.6 Å². The lowest BCUT2D eigenvalue weighted by atomic mass is 9.82. The molecule has 1 fully saturated rings. The Kier molecular flexibility index (Phi) is 12.2. The number of nitro groups is 1. The molecule has 2 aliphatic heterocycles. The van der Waals surface area contributed by atoms with Crippen LogP contribution in [0.5, 0.6) is 0 Å². The highest BCUT2D eigenvalue weighted by Gasteiger charge is 2.38. The Morgan fingerprint density at radius 1 is 1.13 bits per heavy atom. The van der Waals surface area contributed by atoms with Gasteiger partial charge in [0.25, 0.3) is 5.69 Å². The number of carbonyl (C=O) groups excluding carboxylic acids is 2. The van der Waals surface area contributed by atoms with Gasteiger partial charge in [-0.05, 0) is 62.4 Å². The largest absolute Gasteiger partial charge is 0.461 e. The van der Waals surface area contributed by atoms with Crippen molar-refractivity contribution in [3.8, 4) is 6.07 Å². The van der Waals surface area contributed by atoms with E-state index in [-0.39, 0.29) is 25.3 Å². The summed E-state index contributed by atoms with van der Waals surface area (Å²) in [6.45, 7) is 5.13. The molecule has 45 heavy (non-hydrogen) atoms. The summed E-state index contributed by atoms with van der Waals surface area (Å²) < 4.78 is 11.0. The maximum Gasteiger partial charge on any atom is 0.336 e. The van der Waals surface area contributed by atoms with E-state index < -0.39 is 16.8 Å². The number of non-ortho nitro benzene ring substituents is 1. The second-order valence-corrected chi connectivity index (χ2v) is 11.2. The maximum atomic E-state index is 13.6. The third-order valence-electron chi connectivity index (χ3n) is 8.41. The number of dihydropyridines is 1. The summed E-state index contributed by atoms with van der Waals surface area (Å²) in [5.74, 6) is -0.815. The lowest BCUT2D eigenvalue weighted by molar-refractivity contribution is -0.384. The van der Waals surface area contributed by atoms with E-state index >= 15 is 0 Å². The number of benzene rings is 2. The van der Waals surface area contributed by atoms with E-state index in [4.69, 9.17) is 14.7 Å². The molecule has 1 amide bonds. The van der Waals surface area contributed by atoms with Crippen LogP contribution in [0.4, 0.5) is 5.69 Å². The van der Waals surface area contributed by atoms with E-state index in [1.54, 1.807) is 24.1 Å². The zero-order valence-electron chi connectivity index (χ0n) is 25.9. The number of nitrogens with zero attached hydrogens (tertiary/aromatic N) is 4. The molecule has 0 aromatic heterocycles. The minimum atomic E-state index is -0.756. The molecule has 2 aliphatic rings. The van der Waals surface area contributed by atoms with Gasteiger partial charge in [0, 0.05) is 31.5 Å². The molecule has 11 nitrogen and oxygen atoms in total. The lowest BCUT2D eigenvalue weighted by Gasteiger charge is -2.37. The minimum Gasteiger partial charge on any atom is -0.461 e. The third kappa shape index (κ3) is 8.35. The molecular weight excluding hydrogens is 574 g/mol. The molecule has 2 aromatic rings. The summed E-state index contributed by atoms with van der Waals surface area (Å²) in [5, 5.41) is 23.7. The first-order chi connectivity index (χ1) is 21.9. The second kappa shape index (κ2) is 16.5. The van der Waals surface area contributed by atoms with Crippen molar-refractivity contribution >= 4 is 18.1 Å². The van der Waals surface area contributed by atoms with Crippen LogP contribution in [0.3, 0.4) is 0 Å². The Labute approximate surface area is 264 Å². The number of rotatable bonds is 15. The normalized spacial score (nSPS) is 17.4. The van der Waals surface area contributed by atoms with Gasteiger partial charge >= 0.3 is 5.97 Å². The molecule has 4 rings (SSSR count). The number of methoxy groups -OCH3 is 1. The van der Waals surface area contributed by atoms with Crippen molar-refractivity contribution in [3.05, 3.63) is 98.5 Å². The highest BCUT2D eigenvalue weighted by molar-refractivity contribution is 5.93. The van der Waals surface area contributed by atoms with Crippen LogP contribution in [0.15, 0.2) is 77.3 Å². The first kappa shape index (κ1) is 33.4. The number of nitriles is 1. The molecule has 0 radical (unpaired) electrons. The second-order valence-electron chi connectivity index (χ2n) is 11.2. The summed E-state index contributed by atoms with van der Waals surface area (Å²) in [7, 11) is 1.55. The van der Waals surface area contributed by atoms with Crippen LogP contribution >= 0.6 is 0 Å². The number of amides is 1. The summed E-state index contributed by atoms with van der Waals surface area (Å²) in [6.07, 6.45) is 4.13. The Balaban J connectivity index is 1.59. The highest BCUT2D eigenvalue weighted by Crippen LogP contribution is 2.41. The van der Waals surface area contributed by atoms with Crippen molar-refractivity contribution < 1.29 is 24.0 Å². The van der Waals surface area contributed by atoms with Gasteiger partial charge in [-0.1, -0.05) is 49.4 Å². The number of likely N-dealkylation sites (tertiary alicyclic amines) is 1. The van der Waals surface area contributed by atoms with Gasteiger partial charge in [-0.25, -0.2) is 4.79 Å². The fourth-order valence-electron chi connectivity index (χ4n) is 6.20. The van der Waals surface area contributed by atoms with Crippen LogP contribution in [0.2, 0.25) is 0 Å². The summed E-state index contributed by atoms with van der Waals surface area (Å²) >= 11 is 0. The average molecular weight is 616 g/mol. The molecular formula is C34H41N5O6. The lowest BCUT2D eigenvalue weighted by Crippen LogP contribution is -2.40. The molecule has 0 bridgehead atoms. The Hall–Kier alpha value is -4.53. The Bertz CT molecular complexity index is 1430. The van der Waals surface area contributed by atoms with Gasteiger partial charge in [0.2, 0.25) is 6.41 Å². The predicted octanol–water partition coefficient (Wildman–Crippen LogP) is 4.99. The topological polar surface area (TPSA) is 138 Å². The number of hydrogen-bond acceptors (Lipinski definition) is 9. The van der Waals surface area contributed by atoms with Gasteiger partial charge in [-0.15, -0.1) is 0 Å². The van der Waals surface area contributed by atoms with Crippen LogP contribution in [0, 0.1) is 21.4 Å². The van der Waals surface area contributed by atoms with Gasteiger partial charge < -0.3 is 24.6 Å². The summed E-state index contributed by atoms with van der Waals surface area (Å²) in [4.78, 5) is 41.3. The fraction of sp³-hybridized carbons (Fsp3) is 0.441. The van der Waals surface area contributed by atoms with Crippen LogP contribution in [-0.2, 0) is 19.1 Å². The molecule has 0 spiro atoms. The standard InChI is InChI=1S/C34H41N5O6/c1-3-29-32(34(41)45-22-7-17-35)31(27-11-13-28(14-12-27)39(42)43)33(30(36-29)23-44-2)38(24-40)19-8-18-37-20-15-26(16-21-37)25-9-5-4-6-10-25/h4-6,9-14,24,26,31,36H,3,7-8,15-16,18-23H2,1-2H3. The first-order valence-corrected chi connectivity index (χ1v) is 15.4. The van der Waals surface area contributed by atoms with Crippen molar-refractivity contribution in [1.29, 1.82) is 5.26 Å². The van der Waals surface area contributed by atoms with Crippen molar-refractivity contribution in [2.45, 2.75) is 50.9 Å². The maximum absolute atomic E-state index is 13.6. The van der Waals surface area contributed by atoms with Crippen LogP contribution in [0.1, 0.15) is 62.0 Å². The zero-order valence-corrected chi connectivity index (χ0v) is 25.9. The molecule has 1 N–H and O–H groups in total. The number of allylic oxidation sites excluding steroid dienone is 2. The SMILES string of the molecule is CCC1=C(C(=O)OCCC#N)C(c2ccc([N+](=O)[O-])cc2)C(N(C=O)CCCN2CCC(c3ccccc3)CC2)=C(COC)N1. The summed E-state index contributed by atoms with van der Waals surface area (Å²) in [5.41, 5.74) is 3.95. The van der Waals surface area contributed by atoms with E-state index in [0.717, 1.165) is 38.9 Å². The smallest absolute Gasteiger partial charge is 0.336 e. The van der Waals surface area contributed by atoms with Crippen LogP contribution < -0.4 is 5.32 Å². The molecule has 2 aromatic carbocycles. The number of piperidine rings is 1. The molecule has 238 valence electrons. The van der Waals surface area contributed by atoms with Crippen molar-refractivity contribution in [3.63, 3.8) is 0 Å². The Morgan fingerprint density at radius 3 is 2.44 bits per heavy atom. The number of ether oxygens (including phenoxy) is 2. The molecule has 11 heteroatoms. The number of carbonyl (C=O) groups is 2. The molecule has 0 aliphatic carbocycles. The van der Waals surface area contributed by atoms with Gasteiger partial charge in [0.05, 0.1) is 46.9 Å². The first-order valence-electron chi connectivity index (χ1n) is 15.4. The van der Waals surface area contributed by atoms with E-state index in [2.05, 4.69) is 34.5 Å². The molecule has 1 atom stereocenters. The van der Waals surface area contributed by atoms with E-state index in [1.165, 1.54) is 17.7 Å². The van der Waals surface area contributed by atoms with Crippen molar-refractivity contribution in [1.82, 2.24) is 15.1 Å². The average Bonchev–Trinajstić information content (AvgIpc) is 3.07.